The van der Waals surface area contributed by atoms with Crippen molar-refractivity contribution in [2.75, 3.05) is 12.4 Å². The second-order valence-corrected chi connectivity index (χ2v) is 7.98. The first-order valence-corrected chi connectivity index (χ1v) is 10.0. The molecular formula is C21H24Cl3N3O3. The average Bonchev–Trinajstić information content (AvgIpc) is 2.66. The van der Waals surface area contributed by atoms with E-state index in [-0.39, 0.29) is 30.8 Å². The predicted octanol–water partition coefficient (Wildman–Crippen LogP) is 4.19. The Balaban J connectivity index is 0.00000320. The van der Waals surface area contributed by atoms with Gasteiger partial charge in [0.15, 0.2) is 0 Å². The van der Waals surface area contributed by atoms with Gasteiger partial charge in [0, 0.05) is 33.8 Å². The molecule has 1 heterocycles. The molecule has 0 spiro atoms. The molecule has 0 saturated heterocycles. The zero-order chi connectivity index (χ0) is 21.1. The SMILES string of the molecule is COC(=O)[C@H]1C[C@H](NC(=O)Cc2ccc(C(C)N)cc2)c2c(Cl)cc(Cl)cc2N1.Cl. The van der Waals surface area contributed by atoms with Crippen LogP contribution < -0.4 is 16.4 Å². The van der Waals surface area contributed by atoms with E-state index in [2.05, 4.69) is 10.6 Å². The number of ether oxygens (including phenoxy) is 1. The number of nitrogens with two attached hydrogens (primary N) is 1. The molecule has 2 aromatic carbocycles. The molecule has 1 aliphatic rings. The Bertz CT molecular complexity index is 920. The lowest BCUT2D eigenvalue weighted by atomic mass is 9.92. The van der Waals surface area contributed by atoms with E-state index in [0.29, 0.717) is 27.7 Å². The van der Waals surface area contributed by atoms with Crippen LogP contribution in [0.4, 0.5) is 5.69 Å². The van der Waals surface area contributed by atoms with Crippen molar-refractivity contribution >= 4 is 53.2 Å². The number of anilines is 1. The van der Waals surface area contributed by atoms with E-state index in [4.69, 9.17) is 33.7 Å². The quantitative estimate of drug-likeness (QED) is 0.567. The van der Waals surface area contributed by atoms with Gasteiger partial charge in [0.2, 0.25) is 5.91 Å². The molecular weight excluding hydrogens is 449 g/mol. The number of hydrogen-bond acceptors (Lipinski definition) is 5. The van der Waals surface area contributed by atoms with E-state index in [9.17, 15) is 9.59 Å². The number of esters is 1. The van der Waals surface area contributed by atoms with Crippen LogP contribution in [0.5, 0.6) is 0 Å². The molecule has 6 nitrogen and oxygen atoms in total. The van der Waals surface area contributed by atoms with Gasteiger partial charge in [-0.15, -0.1) is 12.4 Å². The molecule has 2 aromatic rings. The molecule has 0 fully saturated rings. The van der Waals surface area contributed by atoms with Crippen molar-refractivity contribution in [1.82, 2.24) is 5.32 Å². The molecule has 3 rings (SSSR count). The minimum Gasteiger partial charge on any atom is -0.467 e. The van der Waals surface area contributed by atoms with E-state index in [0.717, 1.165) is 11.1 Å². The number of nitrogens with one attached hydrogen (secondary N) is 2. The lowest BCUT2D eigenvalue weighted by Crippen LogP contribution is -2.42. The van der Waals surface area contributed by atoms with Gasteiger partial charge in [0.25, 0.3) is 0 Å². The van der Waals surface area contributed by atoms with Crippen molar-refractivity contribution < 1.29 is 14.3 Å². The summed E-state index contributed by atoms with van der Waals surface area (Å²) in [7, 11) is 1.32. The number of methoxy groups -OCH3 is 1. The topological polar surface area (TPSA) is 93.5 Å². The molecule has 0 aromatic heterocycles. The summed E-state index contributed by atoms with van der Waals surface area (Å²) in [6, 6.07) is 9.79. The normalized spacial score (nSPS) is 18.3. The maximum atomic E-state index is 12.7. The van der Waals surface area contributed by atoms with Crippen LogP contribution in [-0.4, -0.2) is 25.0 Å². The molecule has 1 aliphatic heterocycles. The summed E-state index contributed by atoms with van der Waals surface area (Å²) in [5.41, 5.74) is 9.05. The summed E-state index contributed by atoms with van der Waals surface area (Å²) in [6.45, 7) is 1.91. The van der Waals surface area contributed by atoms with Gasteiger partial charge in [0.1, 0.15) is 6.04 Å². The summed E-state index contributed by atoms with van der Waals surface area (Å²) in [5, 5.41) is 6.95. The summed E-state index contributed by atoms with van der Waals surface area (Å²) in [5.74, 6) is -0.594. The zero-order valence-corrected chi connectivity index (χ0v) is 18.9. The van der Waals surface area contributed by atoms with Crippen LogP contribution in [0.25, 0.3) is 0 Å². The number of amides is 1. The van der Waals surface area contributed by atoms with Crippen LogP contribution in [0.15, 0.2) is 36.4 Å². The Morgan fingerprint density at radius 3 is 2.53 bits per heavy atom. The molecule has 0 radical (unpaired) electrons. The highest BCUT2D eigenvalue weighted by Crippen LogP contribution is 2.40. The fourth-order valence-electron chi connectivity index (χ4n) is 3.46. The second-order valence-electron chi connectivity index (χ2n) is 7.13. The summed E-state index contributed by atoms with van der Waals surface area (Å²) < 4.78 is 4.85. The van der Waals surface area contributed by atoms with Crippen LogP contribution in [0.1, 0.15) is 42.1 Å². The van der Waals surface area contributed by atoms with Crippen molar-refractivity contribution in [2.24, 2.45) is 5.73 Å². The number of carbonyl (C=O) groups excluding carboxylic acids is 2. The van der Waals surface area contributed by atoms with E-state index in [1.165, 1.54) is 7.11 Å². The molecule has 1 unspecified atom stereocenters. The third kappa shape index (κ3) is 5.58. The summed E-state index contributed by atoms with van der Waals surface area (Å²) >= 11 is 12.5. The standard InChI is InChI=1S/C21H23Cl2N3O3.ClH/c1-11(24)13-5-3-12(4-6-13)7-19(27)26-17-10-18(21(28)29-2)25-16-9-14(22)8-15(23)20(16)17;/h3-6,8-9,11,17-18,25H,7,10,24H2,1-2H3,(H,26,27);1H/t11?,17-,18+;/m0./s1. The molecule has 3 atom stereocenters. The number of rotatable bonds is 5. The monoisotopic (exact) mass is 471 g/mol. The van der Waals surface area contributed by atoms with E-state index >= 15 is 0 Å². The first-order valence-electron chi connectivity index (χ1n) is 9.25. The van der Waals surface area contributed by atoms with Gasteiger partial charge in [-0.1, -0.05) is 47.5 Å². The Kier molecular flexibility index (Phi) is 8.38. The van der Waals surface area contributed by atoms with Crippen molar-refractivity contribution in [2.45, 2.75) is 37.9 Å². The summed E-state index contributed by atoms with van der Waals surface area (Å²) in [4.78, 5) is 24.8. The first-order chi connectivity index (χ1) is 13.8. The van der Waals surface area contributed by atoms with E-state index < -0.39 is 18.1 Å². The Morgan fingerprint density at radius 2 is 1.93 bits per heavy atom. The number of fused-ring (bicyclic) bond motifs is 1. The molecule has 4 N–H and O–H groups in total. The van der Waals surface area contributed by atoms with Crippen molar-refractivity contribution in [3.63, 3.8) is 0 Å². The van der Waals surface area contributed by atoms with Crippen LogP contribution in [0.3, 0.4) is 0 Å². The highest BCUT2D eigenvalue weighted by atomic mass is 35.5. The molecule has 0 bridgehead atoms. The lowest BCUT2D eigenvalue weighted by molar-refractivity contribution is -0.142. The first kappa shape index (κ1) is 24.3. The lowest BCUT2D eigenvalue weighted by Gasteiger charge is -2.33. The fourth-order valence-corrected chi connectivity index (χ4v) is 4.08. The van der Waals surface area contributed by atoms with Crippen LogP contribution >= 0.6 is 35.6 Å². The highest BCUT2D eigenvalue weighted by Gasteiger charge is 2.34. The van der Waals surface area contributed by atoms with Gasteiger partial charge in [-0.05, 0) is 30.2 Å². The van der Waals surface area contributed by atoms with Gasteiger partial charge in [-0.25, -0.2) is 4.79 Å². The van der Waals surface area contributed by atoms with Crippen LogP contribution in [0.2, 0.25) is 10.0 Å². The van der Waals surface area contributed by atoms with Gasteiger partial charge < -0.3 is 21.1 Å². The predicted molar refractivity (Wildman–Crippen MR) is 121 cm³/mol. The fraction of sp³-hybridized carbons (Fsp3) is 0.333. The number of carbonyl (C=O) groups is 2. The van der Waals surface area contributed by atoms with Gasteiger partial charge in [-0.2, -0.15) is 0 Å². The van der Waals surface area contributed by atoms with Crippen molar-refractivity contribution in [3.8, 4) is 0 Å². The maximum absolute atomic E-state index is 12.7. The molecule has 0 saturated carbocycles. The van der Waals surface area contributed by atoms with Gasteiger partial charge >= 0.3 is 5.97 Å². The second kappa shape index (κ2) is 10.4. The Hall–Kier alpha value is -1.99. The minimum atomic E-state index is -0.613. The van der Waals surface area contributed by atoms with Gasteiger partial charge in [0.05, 0.1) is 19.6 Å². The van der Waals surface area contributed by atoms with Gasteiger partial charge in [-0.3, -0.25) is 4.79 Å². The molecule has 9 heteroatoms. The van der Waals surface area contributed by atoms with Crippen molar-refractivity contribution in [1.29, 1.82) is 0 Å². The Labute approximate surface area is 191 Å². The molecule has 0 aliphatic carbocycles. The number of hydrogen-bond donors (Lipinski definition) is 3. The third-order valence-electron chi connectivity index (χ3n) is 4.94. The number of halogens is 3. The minimum absolute atomic E-state index is 0. The molecule has 162 valence electrons. The largest absolute Gasteiger partial charge is 0.467 e. The maximum Gasteiger partial charge on any atom is 0.328 e. The average molecular weight is 473 g/mol. The van der Waals surface area contributed by atoms with Crippen molar-refractivity contribution in [3.05, 3.63) is 63.1 Å². The zero-order valence-electron chi connectivity index (χ0n) is 16.6. The van der Waals surface area contributed by atoms with E-state index in [1.807, 2.05) is 31.2 Å². The van der Waals surface area contributed by atoms with Crippen LogP contribution in [-0.2, 0) is 20.7 Å². The molecule has 30 heavy (non-hydrogen) atoms. The highest BCUT2D eigenvalue weighted by molar-refractivity contribution is 6.35. The summed E-state index contributed by atoms with van der Waals surface area (Å²) in [6.07, 6.45) is 0.517. The van der Waals surface area contributed by atoms with E-state index in [1.54, 1.807) is 12.1 Å². The Morgan fingerprint density at radius 1 is 1.27 bits per heavy atom. The molecule has 1 amide bonds. The van der Waals surface area contributed by atoms with Crippen LogP contribution in [0, 0.1) is 0 Å². The number of benzene rings is 2. The third-order valence-corrected chi connectivity index (χ3v) is 5.47. The smallest absolute Gasteiger partial charge is 0.328 e.